The summed E-state index contributed by atoms with van der Waals surface area (Å²) >= 11 is 0. The second kappa shape index (κ2) is 6.93. The van der Waals surface area contributed by atoms with Gasteiger partial charge >= 0.3 is 0 Å². The summed E-state index contributed by atoms with van der Waals surface area (Å²) in [5.74, 6) is -0.791. The first kappa shape index (κ1) is 17.6. The predicted octanol–water partition coefficient (Wildman–Crippen LogP) is 0.227. The van der Waals surface area contributed by atoms with Gasteiger partial charge in [0.25, 0.3) is 5.91 Å². The van der Waals surface area contributed by atoms with E-state index in [1.165, 1.54) is 0 Å². The number of piperidine rings is 1. The molecule has 1 unspecified atom stereocenters. The van der Waals surface area contributed by atoms with Gasteiger partial charge < -0.3 is 15.5 Å². The fourth-order valence-electron chi connectivity index (χ4n) is 3.57. The molecule has 0 saturated carbocycles. The van der Waals surface area contributed by atoms with E-state index >= 15 is 0 Å². The van der Waals surface area contributed by atoms with Gasteiger partial charge in [-0.15, -0.1) is 0 Å². The fourth-order valence-corrected chi connectivity index (χ4v) is 3.57. The van der Waals surface area contributed by atoms with E-state index < -0.39 is 6.04 Å². The number of fused-ring (bicyclic) bond motifs is 1. The van der Waals surface area contributed by atoms with Gasteiger partial charge in [0.05, 0.1) is 0 Å². The van der Waals surface area contributed by atoms with Gasteiger partial charge in [0, 0.05) is 37.7 Å². The maximum atomic E-state index is 12.8. The summed E-state index contributed by atoms with van der Waals surface area (Å²) in [6.45, 7) is 3.85. The number of benzene rings is 1. The molecule has 7 nitrogen and oxygen atoms in total. The maximum Gasteiger partial charge on any atom is 0.255 e. The van der Waals surface area contributed by atoms with Gasteiger partial charge in [-0.2, -0.15) is 0 Å². The van der Waals surface area contributed by atoms with Crippen LogP contribution >= 0.6 is 0 Å². The van der Waals surface area contributed by atoms with E-state index in [0.717, 1.165) is 17.7 Å². The zero-order valence-electron chi connectivity index (χ0n) is 14.6. The summed E-state index contributed by atoms with van der Waals surface area (Å²) in [5, 5.41) is 2.32. The van der Waals surface area contributed by atoms with E-state index in [1.54, 1.807) is 4.90 Å². The normalized spacial score (nSPS) is 21.5. The number of carbonyl (C=O) groups is 3. The van der Waals surface area contributed by atoms with Crippen molar-refractivity contribution in [1.82, 2.24) is 15.1 Å². The molecule has 1 saturated heterocycles. The summed E-state index contributed by atoms with van der Waals surface area (Å²) in [4.78, 5) is 39.8. The molecule has 3 N–H and O–H groups in total. The second-order valence-electron chi connectivity index (χ2n) is 7.07. The van der Waals surface area contributed by atoms with Crippen molar-refractivity contribution in [3.8, 4) is 0 Å². The average molecular weight is 344 g/mol. The molecular weight excluding hydrogens is 320 g/mol. The number of likely N-dealkylation sites (N-methyl/N-ethyl adjacent to an activating group) is 1. The number of hydrogen-bond donors (Lipinski definition) is 2. The van der Waals surface area contributed by atoms with Crippen LogP contribution in [0.15, 0.2) is 18.2 Å². The van der Waals surface area contributed by atoms with Gasteiger partial charge in [-0.25, -0.2) is 0 Å². The molecule has 1 aromatic carbocycles. The SMILES string of the molecule is C[C@@H](N)CN(C)Cc1ccc2c(c1)C(=O)N(C1CCC(=O)NC1=O)C2. The molecule has 7 heteroatoms. The minimum atomic E-state index is -0.568. The summed E-state index contributed by atoms with van der Waals surface area (Å²) in [5.41, 5.74) is 8.43. The highest BCUT2D eigenvalue weighted by Crippen LogP contribution is 2.28. The van der Waals surface area contributed by atoms with Crippen LogP contribution < -0.4 is 11.1 Å². The maximum absolute atomic E-state index is 12.8. The van der Waals surface area contributed by atoms with Crippen molar-refractivity contribution < 1.29 is 14.4 Å². The molecule has 3 amide bonds. The Kier molecular flexibility index (Phi) is 4.87. The Morgan fingerprint density at radius 2 is 2.12 bits per heavy atom. The third kappa shape index (κ3) is 3.72. The Morgan fingerprint density at radius 1 is 1.36 bits per heavy atom. The molecule has 2 atom stereocenters. The van der Waals surface area contributed by atoms with Crippen LogP contribution in [0, 0.1) is 0 Å². The quantitative estimate of drug-likeness (QED) is 0.746. The van der Waals surface area contributed by atoms with E-state index in [4.69, 9.17) is 5.73 Å². The first-order valence-electron chi connectivity index (χ1n) is 8.55. The largest absolute Gasteiger partial charge is 0.327 e. The Morgan fingerprint density at radius 3 is 2.80 bits per heavy atom. The Bertz CT molecular complexity index is 716. The third-order valence-electron chi connectivity index (χ3n) is 4.64. The molecule has 0 aromatic heterocycles. The predicted molar refractivity (Wildman–Crippen MR) is 92.5 cm³/mol. The summed E-state index contributed by atoms with van der Waals surface area (Å²) < 4.78 is 0. The van der Waals surface area contributed by atoms with Crippen LogP contribution in [-0.4, -0.2) is 53.2 Å². The zero-order valence-corrected chi connectivity index (χ0v) is 14.6. The van der Waals surface area contributed by atoms with Crippen LogP contribution in [0.25, 0.3) is 0 Å². The minimum Gasteiger partial charge on any atom is -0.327 e. The molecule has 1 aromatic rings. The highest BCUT2D eigenvalue weighted by Gasteiger charge is 2.39. The molecule has 2 heterocycles. The van der Waals surface area contributed by atoms with Crippen molar-refractivity contribution in [2.75, 3.05) is 13.6 Å². The van der Waals surface area contributed by atoms with Gasteiger partial charge in [-0.05, 0) is 37.6 Å². The number of nitrogens with zero attached hydrogens (tertiary/aromatic N) is 2. The first-order chi connectivity index (χ1) is 11.8. The molecule has 1 fully saturated rings. The fraction of sp³-hybridized carbons (Fsp3) is 0.500. The van der Waals surface area contributed by atoms with E-state index in [1.807, 2.05) is 32.2 Å². The van der Waals surface area contributed by atoms with Crippen molar-refractivity contribution in [2.45, 2.75) is 44.9 Å². The molecule has 0 aliphatic carbocycles. The molecule has 2 aliphatic heterocycles. The van der Waals surface area contributed by atoms with Crippen molar-refractivity contribution in [1.29, 1.82) is 0 Å². The highest BCUT2D eigenvalue weighted by molar-refractivity contribution is 6.05. The summed E-state index contributed by atoms with van der Waals surface area (Å²) in [7, 11) is 1.99. The van der Waals surface area contributed by atoms with Crippen LogP contribution in [0.2, 0.25) is 0 Å². The van der Waals surface area contributed by atoms with E-state index in [-0.39, 0.29) is 30.2 Å². The molecule has 0 radical (unpaired) electrons. The van der Waals surface area contributed by atoms with E-state index in [0.29, 0.717) is 25.1 Å². The minimum absolute atomic E-state index is 0.0871. The molecule has 25 heavy (non-hydrogen) atoms. The van der Waals surface area contributed by atoms with Crippen LogP contribution in [0.5, 0.6) is 0 Å². The van der Waals surface area contributed by atoms with Crippen molar-refractivity contribution in [2.24, 2.45) is 5.73 Å². The Hall–Kier alpha value is -2.25. The van der Waals surface area contributed by atoms with Gasteiger partial charge in [0.2, 0.25) is 11.8 Å². The third-order valence-corrected chi connectivity index (χ3v) is 4.64. The number of nitrogens with one attached hydrogen (secondary N) is 1. The topological polar surface area (TPSA) is 95.7 Å². The highest BCUT2D eigenvalue weighted by atomic mass is 16.2. The van der Waals surface area contributed by atoms with Crippen LogP contribution in [0.1, 0.15) is 41.3 Å². The van der Waals surface area contributed by atoms with Crippen molar-refractivity contribution in [3.63, 3.8) is 0 Å². The molecule has 134 valence electrons. The molecule has 3 rings (SSSR count). The molecule has 2 aliphatic rings. The average Bonchev–Trinajstić information content (AvgIpc) is 2.83. The smallest absolute Gasteiger partial charge is 0.255 e. The van der Waals surface area contributed by atoms with Crippen molar-refractivity contribution >= 4 is 17.7 Å². The number of imide groups is 1. The Labute approximate surface area is 147 Å². The number of carbonyl (C=O) groups excluding carboxylic acids is 3. The van der Waals surface area contributed by atoms with Gasteiger partial charge in [-0.3, -0.25) is 19.7 Å². The van der Waals surface area contributed by atoms with Crippen LogP contribution in [0.4, 0.5) is 0 Å². The number of nitrogens with two attached hydrogens (primary N) is 1. The molecule has 0 bridgehead atoms. The Balaban J connectivity index is 1.73. The van der Waals surface area contributed by atoms with E-state index in [9.17, 15) is 14.4 Å². The lowest BCUT2D eigenvalue weighted by Gasteiger charge is -2.29. The lowest BCUT2D eigenvalue weighted by molar-refractivity contribution is -0.136. The monoisotopic (exact) mass is 344 g/mol. The lowest BCUT2D eigenvalue weighted by atomic mass is 10.0. The van der Waals surface area contributed by atoms with Gasteiger partial charge in [0.15, 0.2) is 0 Å². The summed E-state index contributed by atoms with van der Waals surface area (Å²) in [6.07, 6.45) is 0.651. The first-order valence-corrected chi connectivity index (χ1v) is 8.55. The summed E-state index contributed by atoms with van der Waals surface area (Å²) in [6, 6.07) is 5.39. The van der Waals surface area contributed by atoms with Gasteiger partial charge in [-0.1, -0.05) is 12.1 Å². The van der Waals surface area contributed by atoms with E-state index in [2.05, 4.69) is 10.2 Å². The number of hydrogen-bond acceptors (Lipinski definition) is 5. The van der Waals surface area contributed by atoms with Crippen molar-refractivity contribution in [3.05, 3.63) is 34.9 Å². The second-order valence-corrected chi connectivity index (χ2v) is 7.07. The number of amides is 3. The zero-order chi connectivity index (χ0) is 18.1. The lowest BCUT2D eigenvalue weighted by Crippen LogP contribution is -2.52. The van der Waals surface area contributed by atoms with Gasteiger partial charge in [0.1, 0.15) is 6.04 Å². The number of rotatable bonds is 5. The molecule has 0 spiro atoms. The van der Waals surface area contributed by atoms with Crippen LogP contribution in [0.3, 0.4) is 0 Å². The standard InChI is InChI=1S/C18H24N4O3/c1-11(19)8-21(2)9-12-3-4-13-10-22(18(25)14(13)7-12)15-5-6-16(23)20-17(15)24/h3-4,7,11,15H,5-6,8-10,19H2,1-2H3,(H,20,23,24)/t11-,15?/m1/s1. The molecular formula is C18H24N4O3. The van der Waals surface area contributed by atoms with Crippen LogP contribution in [-0.2, 0) is 22.7 Å².